The minimum absolute atomic E-state index is 0.0391. The van der Waals surface area contributed by atoms with Crippen LogP contribution in [0.4, 0.5) is 63.6 Å². The van der Waals surface area contributed by atoms with E-state index in [1.165, 1.54) is 18.2 Å². The maximum absolute atomic E-state index is 15.7. The number of aliphatic carboxylic acids is 1. The van der Waals surface area contributed by atoms with E-state index in [-0.39, 0.29) is 128 Å². The lowest BCUT2D eigenvalue weighted by Gasteiger charge is -2.44. The van der Waals surface area contributed by atoms with Gasteiger partial charge in [-0.25, -0.2) is 8.78 Å². The summed E-state index contributed by atoms with van der Waals surface area (Å²) in [6.07, 6.45) is -7.08. The summed E-state index contributed by atoms with van der Waals surface area (Å²) in [5, 5.41) is 24.2. The number of benzene rings is 6. The molecule has 784 valence electrons. The minimum atomic E-state index is -4.97. The Morgan fingerprint density at radius 3 is 1.37 bits per heavy atom. The van der Waals surface area contributed by atoms with E-state index < -0.39 is 134 Å². The van der Waals surface area contributed by atoms with E-state index in [4.69, 9.17) is 20.3 Å². The van der Waals surface area contributed by atoms with Crippen molar-refractivity contribution in [3.05, 3.63) is 227 Å². The van der Waals surface area contributed by atoms with Crippen molar-refractivity contribution in [3.63, 3.8) is 0 Å². The Morgan fingerprint density at radius 2 is 0.912 bits per heavy atom. The molecule has 6 fully saturated rings. The van der Waals surface area contributed by atoms with Crippen LogP contribution in [0.5, 0.6) is 0 Å². The van der Waals surface area contributed by atoms with Crippen LogP contribution in [0.2, 0.25) is 0 Å². The number of piperidine rings is 2. The van der Waals surface area contributed by atoms with E-state index in [1.54, 1.807) is 91.0 Å². The summed E-state index contributed by atoms with van der Waals surface area (Å²) in [6.45, 7) is 21.9. The lowest BCUT2D eigenvalue weighted by molar-refractivity contribution is -0.139. The summed E-state index contributed by atoms with van der Waals surface area (Å²) in [5.41, 5.74) is 6.28. The third-order valence-electron chi connectivity index (χ3n) is 27.7. The molecule has 0 aliphatic carbocycles. The number of piperazine rings is 4. The van der Waals surface area contributed by atoms with Gasteiger partial charge in [-0.3, -0.25) is 117 Å². The molecule has 36 nitrogen and oxygen atoms in total. The second-order valence-electron chi connectivity index (χ2n) is 37.8. The number of aromatic nitrogens is 2. The minimum Gasteiger partial charge on any atom is -0.481 e. The van der Waals surface area contributed by atoms with Gasteiger partial charge in [0.15, 0.2) is 0 Å². The maximum Gasteiger partial charge on any atom is 0.417 e. The zero-order valence-corrected chi connectivity index (χ0v) is 82.1. The van der Waals surface area contributed by atoms with Gasteiger partial charge in [-0.1, -0.05) is 42.5 Å². The first-order valence-electron chi connectivity index (χ1n) is 48.8. The summed E-state index contributed by atoms with van der Waals surface area (Å²) in [7, 11) is 4.04. The van der Waals surface area contributed by atoms with Crippen molar-refractivity contribution in [2.24, 2.45) is 5.73 Å². The van der Waals surface area contributed by atoms with Gasteiger partial charge in [0.2, 0.25) is 40.7 Å². The van der Waals surface area contributed by atoms with Crippen LogP contribution in [0.25, 0.3) is 22.3 Å². The van der Waals surface area contributed by atoms with Crippen molar-refractivity contribution in [1.29, 1.82) is 0 Å². The molecule has 0 bridgehead atoms. The number of ether oxygens (including phenoxy) is 2. The van der Waals surface area contributed by atoms with Gasteiger partial charge in [-0.2, -0.15) is 26.3 Å². The van der Waals surface area contributed by atoms with Gasteiger partial charge >= 0.3 is 18.3 Å². The smallest absolute Gasteiger partial charge is 0.417 e. The van der Waals surface area contributed by atoms with Crippen LogP contribution in [-0.4, -0.2) is 313 Å². The molecule has 6 saturated heterocycles. The fourth-order valence-corrected chi connectivity index (χ4v) is 19.4. The number of H-pyrrole nitrogens is 2. The normalized spacial score (nSPS) is 19.9. The molecular formula is C103H119F8N19O17. The molecule has 0 saturated carbocycles. The number of imide groups is 4. The molecule has 11 amide bonds. The van der Waals surface area contributed by atoms with Crippen molar-refractivity contribution in [2.75, 3.05) is 178 Å². The molecule has 6 aromatic carbocycles. The van der Waals surface area contributed by atoms with Crippen LogP contribution < -0.4 is 58.6 Å². The summed E-state index contributed by atoms with van der Waals surface area (Å²) < 4.78 is 125. The number of amides is 11. The lowest BCUT2D eigenvalue weighted by atomic mass is 9.99. The number of carbonyl (C=O) groups is 12. The number of aryl methyl sites for hydroxylation is 1. The zero-order valence-electron chi connectivity index (χ0n) is 82.1. The molecule has 44 heteroatoms. The highest BCUT2D eigenvalue weighted by atomic mass is 19.4. The number of halogens is 8. The summed E-state index contributed by atoms with van der Waals surface area (Å²) >= 11 is 0. The van der Waals surface area contributed by atoms with Crippen molar-refractivity contribution >= 4 is 99.4 Å². The Labute approximate surface area is 841 Å². The highest BCUT2D eigenvalue weighted by Crippen LogP contribution is 2.42. The number of pyridine rings is 2. The maximum atomic E-state index is 15.7. The number of fused-ring (bicyclic) bond motifs is 2. The van der Waals surface area contributed by atoms with E-state index in [2.05, 4.69) is 104 Å². The third-order valence-corrected chi connectivity index (χ3v) is 27.7. The molecule has 8 aromatic rings. The second-order valence-corrected chi connectivity index (χ2v) is 37.8. The number of carbonyl (C=O) groups excluding carboxylic acids is 11. The first-order chi connectivity index (χ1) is 70.1. The van der Waals surface area contributed by atoms with Gasteiger partial charge in [0.05, 0.1) is 93.5 Å². The molecule has 11 N–H and O–H groups in total. The monoisotopic (exact) mass is 2050 g/mol. The van der Waals surface area contributed by atoms with Gasteiger partial charge < -0.3 is 61.3 Å². The highest BCUT2D eigenvalue weighted by molar-refractivity contribution is 6.26. The molecule has 8 aliphatic rings. The Morgan fingerprint density at radius 1 is 0.476 bits per heavy atom. The Kier molecular flexibility index (Phi) is 35.7. The molecule has 16 rings (SSSR count). The predicted molar refractivity (Wildman–Crippen MR) is 529 cm³/mol. The molecule has 2 aromatic heterocycles. The van der Waals surface area contributed by atoms with Gasteiger partial charge in [-0.15, -0.1) is 0 Å². The zero-order chi connectivity index (χ0) is 106. The number of rotatable bonds is 33. The average molecular weight is 2050 g/mol. The van der Waals surface area contributed by atoms with E-state index >= 15 is 8.78 Å². The Hall–Kier alpha value is -13.9. The number of anilines is 5. The fourth-order valence-electron chi connectivity index (χ4n) is 19.4. The number of aromatic amines is 2. The SMILES string of the molecule is C[C@@H]1CN(c2ccc(-c3cc(CN4CCN(CCN)CC4)ccc3F)cc2NC(=O)c2c[nH]c(=O)cc2C(F)(F)F)C[C@H](C)N1C.C[C@@H]1CN(c2ccc(-c3cc(CN4CCN(CCNC(=O)CCOCCCc5cccc6c5C(=O)N(C5CCC(=O)NC5=O)C6=O)CC4)ccc3F)cc2NC(=O)c2c[nH]c(=O)cc2C(F)(F)F)C[C@H](C)N1C.O=C(O)CCOCCNc1cccc2c1C(=O)N(C1CCC(=O)NC1=O)C2=O. The topological polar surface area (TPSA) is 440 Å². The number of nitrogens with one attached hydrogen (secondary N) is 8. The number of carboxylic acid groups (broad SMARTS) is 1. The molecule has 10 heterocycles. The van der Waals surface area contributed by atoms with Crippen molar-refractivity contribution in [2.45, 2.75) is 141 Å². The largest absolute Gasteiger partial charge is 0.481 e. The number of nitrogens with two attached hydrogens (primary N) is 1. The first kappa shape index (κ1) is 109. The molecule has 0 spiro atoms. The number of hydrogen-bond donors (Lipinski definition) is 10. The molecular weight excluding hydrogens is 1930 g/mol. The van der Waals surface area contributed by atoms with Gasteiger partial charge in [0.1, 0.15) is 23.7 Å². The molecule has 6 atom stereocenters. The highest BCUT2D eigenvalue weighted by Gasteiger charge is 2.49. The van der Waals surface area contributed by atoms with E-state index in [9.17, 15) is 93.5 Å². The second kappa shape index (κ2) is 48.2. The molecule has 8 aliphatic heterocycles. The average Bonchev–Trinajstić information content (AvgIpc) is 1.66. The third kappa shape index (κ3) is 26.8. The van der Waals surface area contributed by atoms with E-state index in [0.29, 0.717) is 136 Å². The van der Waals surface area contributed by atoms with Crippen LogP contribution in [0.15, 0.2) is 143 Å². The number of hydrogen-bond acceptors (Lipinski definition) is 26. The number of carboxylic acids is 1. The van der Waals surface area contributed by atoms with Crippen molar-refractivity contribution in [1.82, 2.24) is 65.1 Å². The van der Waals surface area contributed by atoms with Crippen LogP contribution in [0.1, 0.15) is 163 Å². The van der Waals surface area contributed by atoms with Gasteiger partial charge in [0.25, 0.3) is 35.4 Å². The van der Waals surface area contributed by atoms with Crippen LogP contribution >= 0.6 is 0 Å². The lowest BCUT2D eigenvalue weighted by Crippen LogP contribution is -2.55. The quantitative estimate of drug-likeness (QED) is 0.0104. The summed E-state index contributed by atoms with van der Waals surface area (Å²) in [5.74, 6) is -8.66. The number of nitrogens with zero attached hydrogens (tertiary/aromatic N) is 10. The van der Waals surface area contributed by atoms with Crippen LogP contribution in [0.3, 0.4) is 0 Å². The predicted octanol–water partition coefficient (Wildman–Crippen LogP) is 8.70. The van der Waals surface area contributed by atoms with Crippen molar-refractivity contribution < 1.29 is 107 Å². The Bertz CT molecular complexity index is 6380. The fraction of sp³-hybridized carbons (Fsp3) is 0.437. The van der Waals surface area contributed by atoms with Crippen LogP contribution in [-0.2, 0) is 70.1 Å². The molecule has 147 heavy (non-hydrogen) atoms. The molecule has 0 radical (unpaired) electrons. The number of likely N-dealkylation sites (N-methyl/N-ethyl adjacent to an activating group) is 2. The first-order valence-corrected chi connectivity index (χ1v) is 48.8. The summed E-state index contributed by atoms with van der Waals surface area (Å²) in [4.78, 5) is 197. The van der Waals surface area contributed by atoms with Gasteiger partial charge in [0, 0.05) is 216 Å². The van der Waals surface area contributed by atoms with Gasteiger partial charge in [-0.05, 0) is 162 Å². The van der Waals surface area contributed by atoms with Crippen molar-refractivity contribution in [3.8, 4) is 22.3 Å². The standard InChI is InChI=1S/C52H59F4N9O8.C33H41F4N7O2.C18H19N3O7/c1-31-28-64(29-32(2)61(31)3)42-12-10-35(25-41(42)59-48(69)38-27-58-46(68)26-39(38)52(54,55)56)37-24-33(9-11-40(37)53)30-63-20-18-62(19-21-63)17-16-57-44(66)15-23-73-22-5-7-34-6-4-8-36-47(34)51(72)65(50(36)71)43-13-14-45(67)60-49(43)70;1-21-18-44(19-22(2)41(21)3)30-7-5-24(15-29(30)40-32(46)26-17-39-31(45)16-27(26)33(35,36)37)25-14-23(4-6-28(25)34)20-43-12-10-42(9-8-38)11-13-43;22-13-5-4-12(16(25)20-13)21-17(26)10-2-1-3-11(15(10)18(21)27)19-7-9-28-8-6-14(23)24/h4,6,8-12,24-27,31-32,43H,5,7,13-23,28-30H2,1-3H3,(H,57,66)(H,58,68)(H,59,69)(H,60,67,70);4-7,14-17,21-22H,8-13,18-20,38H2,1-3H3,(H,39,45)(H,40,46);1-3,12,19H,4-9H2,(H,23,24)(H,20,22,25)/t31-,32+,43?;21-,22+;. The molecule has 2 unspecified atom stereocenters. The van der Waals surface area contributed by atoms with E-state index in [0.717, 1.165) is 92.2 Å². The number of alkyl halides is 6. The summed E-state index contributed by atoms with van der Waals surface area (Å²) in [6, 6.07) is 29.0. The van der Waals surface area contributed by atoms with E-state index in [1.807, 2.05) is 19.0 Å². The van der Waals surface area contributed by atoms with Crippen LogP contribution in [0, 0.1) is 11.6 Å². The Balaban J connectivity index is 0.000000195.